The monoisotopic (exact) mass is 331 g/mol. The van der Waals surface area contributed by atoms with Crippen LogP contribution < -0.4 is 5.73 Å². The smallest absolute Gasteiger partial charge is 0.0603 e. The minimum atomic E-state index is -0.0264. The molecule has 0 aliphatic carbocycles. The molecule has 0 saturated carbocycles. The minimum absolute atomic E-state index is 0.0264. The van der Waals surface area contributed by atoms with Crippen LogP contribution in [0.1, 0.15) is 18.5 Å². The highest BCUT2D eigenvalue weighted by atomic mass is 35.5. The van der Waals surface area contributed by atoms with Gasteiger partial charge < -0.3 is 5.73 Å². The Morgan fingerprint density at radius 3 is 2.26 bits per heavy atom. The lowest BCUT2D eigenvalue weighted by Gasteiger charge is -2.09. The highest BCUT2D eigenvalue weighted by Crippen LogP contribution is 2.36. The summed E-state index contributed by atoms with van der Waals surface area (Å²) in [5, 5.41) is 1.77. The van der Waals surface area contributed by atoms with Crippen molar-refractivity contribution in [2.45, 2.75) is 22.8 Å². The molecule has 19 heavy (non-hydrogen) atoms. The molecule has 0 bridgehead atoms. The SMILES string of the molecule is CC(N)c1ccc(Sc2ccc(Cl)c(Cl)c2)c(Cl)c1. The predicted molar refractivity (Wildman–Crippen MR) is 84.6 cm³/mol. The second-order valence-electron chi connectivity index (χ2n) is 4.16. The van der Waals surface area contributed by atoms with Crippen LogP contribution in [0, 0.1) is 0 Å². The molecule has 1 nitrogen and oxygen atoms in total. The fourth-order valence-electron chi connectivity index (χ4n) is 1.55. The summed E-state index contributed by atoms with van der Waals surface area (Å²) in [5.74, 6) is 0. The number of hydrogen-bond donors (Lipinski definition) is 1. The lowest BCUT2D eigenvalue weighted by atomic mass is 10.1. The molecule has 1 unspecified atom stereocenters. The first-order valence-corrected chi connectivity index (χ1v) is 7.60. The van der Waals surface area contributed by atoms with E-state index in [9.17, 15) is 0 Å². The zero-order chi connectivity index (χ0) is 14.0. The van der Waals surface area contributed by atoms with Gasteiger partial charge in [0.15, 0.2) is 0 Å². The summed E-state index contributed by atoms with van der Waals surface area (Å²) in [7, 11) is 0. The van der Waals surface area contributed by atoms with Crippen LogP contribution in [0.4, 0.5) is 0 Å². The van der Waals surface area contributed by atoms with Gasteiger partial charge in [0.1, 0.15) is 0 Å². The van der Waals surface area contributed by atoms with E-state index in [2.05, 4.69) is 0 Å². The van der Waals surface area contributed by atoms with Crippen molar-refractivity contribution in [3.63, 3.8) is 0 Å². The molecule has 0 aliphatic rings. The molecule has 2 aromatic carbocycles. The van der Waals surface area contributed by atoms with Gasteiger partial charge in [-0.15, -0.1) is 0 Å². The van der Waals surface area contributed by atoms with Crippen molar-refractivity contribution < 1.29 is 0 Å². The summed E-state index contributed by atoms with van der Waals surface area (Å²) in [5.41, 5.74) is 6.84. The van der Waals surface area contributed by atoms with Crippen LogP contribution in [0.15, 0.2) is 46.2 Å². The van der Waals surface area contributed by atoms with Gasteiger partial charge in [-0.3, -0.25) is 0 Å². The van der Waals surface area contributed by atoms with E-state index in [1.54, 1.807) is 17.8 Å². The Balaban J connectivity index is 2.25. The molecule has 2 N–H and O–H groups in total. The minimum Gasteiger partial charge on any atom is -0.324 e. The molecule has 0 spiro atoms. The molecule has 0 aliphatic heterocycles. The first kappa shape index (κ1) is 15.0. The van der Waals surface area contributed by atoms with Gasteiger partial charge in [0, 0.05) is 15.8 Å². The number of hydrogen-bond acceptors (Lipinski definition) is 2. The summed E-state index contributed by atoms with van der Waals surface area (Å²) < 4.78 is 0. The van der Waals surface area contributed by atoms with Crippen molar-refractivity contribution in [2.75, 3.05) is 0 Å². The Hall–Kier alpha value is -0.380. The number of benzene rings is 2. The van der Waals surface area contributed by atoms with E-state index in [1.807, 2.05) is 37.3 Å². The van der Waals surface area contributed by atoms with Crippen LogP contribution in [0.25, 0.3) is 0 Å². The number of rotatable bonds is 3. The van der Waals surface area contributed by atoms with E-state index in [4.69, 9.17) is 40.5 Å². The van der Waals surface area contributed by atoms with Crippen LogP contribution in [0.3, 0.4) is 0 Å². The Morgan fingerprint density at radius 1 is 0.947 bits per heavy atom. The average Bonchev–Trinajstić information content (AvgIpc) is 2.36. The molecule has 5 heteroatoms. The topological polar surface area (TPSA) is 26.0 Å². The Kier molecular flexibility index (Phi) is 5.04. The molecular formula is C14H12Cl3NS. The molecule has 2 aromatic rings. The molecule has 0 aromatic heterocycles. The third-order valence-electron chi connectivity index (χ3n) is 2.60. The molecule has 0 fully saturated rings. The maximum atomic E-state index is 6.26. The van der Waals surface area contributed by atoms with Crippen molar-refractivity contribution in [3.8, 4) is 0 Å². The van der Waals surface area contributed by atoms with Crippen molar-refractivity contribution in [3.05, 3.63) is 57.0 Å². The van der Waals surface area contributed by atoms with E-state index in [1.165, 1.54) is 0 Å². The Bertz CT molecular complexity index is 599. The van der Waals surface area contributed by atoms with E-state index >= 15 is 0 Å². The van der Waals surface area contributed by atoms with Crippen LogP contribution in [0.2, 0.25) is 15.1 Å². The molecule has 0 amide bonds. The van der Waals surface area contributed by atoms with E-state index in [0.29, 0.717) is 15.1 Å². The fourth-order valence-corrected chi connectivity index (χ4v) is 3.08. The standard InChI is InChI=1S/C14H12Cl3NS/c1-8(18)9-2-5-14(13(17)6-9)19-10-3-4-11(15)12(16)7-10/h2-8H,18H2,1H3. The van der Waals surface area contributed by atoms with Gasteiger partial charge in [-0.1, -0.05) is 52.6 Å². The van der Waals surface area contributed by atoms with E-state index in [0.717, 1.165) is 15.4 Å². The fraction of sp³-hybridized carbons (Fsp3) is 0.143. The van der Waals surface area contributed by atoms with Gasteiger partial charge in [-0.2, -0.15) is 0 Å². The van der Waals surface area contributed by atoms with Gasteiger partial charge in [-0.05, 0) is 42.8 Å². The first-order valence-electron chi connectivity index (χ1n) is 5.65. The third-order valence-corrected chi connectivity index (χ3v) is 4.83. The molecule has 100 valence electrons. The molecule has 0 saturated heterocycles. The first-order chi connectivity index (χ1) is 8.97. The van der Waals surface area contributed by atoms with E-state index < -0.39 is 0 Å². The van der Waals surface area contributed by atoms with Crippen molar-refractivity contribution in [1.82, 2.24) is 0 Å². The summed E-state index contributed by atoms with van der Waals surface area (Å²) in [6, 6.07) is 11.3. The zero-order valence-corrected chi connectivity index (χ0v) is 13.2. The maximum Gasteiger partial charge on any atom is 0.0603 e. The highest BCUT2D eigenvalue weighted by molar-refractivity contribution is 7.99. The van der Waals surface area contributed by atoms with Crippen LogP contribution >= 0.6 is 46.6 Å². The largest absolute Gasteiger partial charge is 0.324 e. The van der Waals surface area contributed by atoms with Crippen LogP contribution in [0.5, 0.6) is 0 Å². The molecule has 0 radical (unpaired) electrons. The Morgan fingerprint density at radius 2 is 1.68 bits per heavy atom. The van der Waals surface area contributed by atoms with Crippen molar-refractivity contribution in [1.29, 1.82) is 0 Å². The number of halogens is 3. The zero-order valence-electron chi connectivity index (χ0n) is 10.2. The van der Waals surface area contributed by atoms with Gasteiger partial charge in [0.2, 0.25) is 0 Å². The second-order valence-corrected chi connectivity index (χ2v) is 6.49. The normalized spacial score (nSPS) is 12.5. The lowest BCUT2D eigenvalue weighted by Crippen LogP contribution is -2.04. The second kappa shape index (κ2) is 6.38. The highest BCUT2D eigenvalue weighted by Gasteiger charge is 2.07. The van der Waals surface area contributed by atoms with Gasteiger partial charge in [-0.25, -0.2) is 0 Å². The molecule has 1 atom stereocenters. The lowest BCUT2D eigenvalue weighted by molar-refractivity contribution is 0.817. The average molecular weight is 333 g/mol. The maximum absolute atomic E-state index is 6.26. The quantitative estimate of drug-likeness (QED) is 0.766. The Labute approximate surface area is 132 Å². The van der Waals surface area contributed by atoms with Crippen molar-refractivity contribution >= 4 is 46.6 Å². The molecule has 2 rings (SSSR count). The molecular weight excluding hydrogens is 321 g/mol. The number of nitrogens with two attached hydrogens (primary N) is 1. The summed E-state index contributed by atoms with van der Waals surface area (Å²) in [4.78, 5) is 1.95. The summed E-state index contributed by atoms with van der Waals surface area (Å²) in [6.07, 6.45) is 0. The van der Waals surface area contributed by atoms with Gasteiger partial charge in [0.25, 0.3) is 0 Å². The van der Waals surface area contributed by atoms with Crippen molar-refractivity contribution in [2.24, 2.45) is 5.73 Å². The van der Waals surface area contributed by atoms with Crippen LogP contribution in [-0.2, 0) is 0 Å². The predicted octanol–water partition coefficient (Wildman–Crippen LogP) is 5.82. The third kappa shape index (κ3) is 3.80. The van der Waals surface area contributed by atoms with E-state index in [-0.39, 0.29) is 6.04 Å². The van der Waals surface area contributed by atoms with Crippen LogP contribution in [-0.4, -0.2) is 0 Å². The van der Waals surface area contributed by atoms with Gasteiger partial charge >= 0.3 is 0 Å². The molecule has 0 heterocycles. The summed E-state index contributed by atoms with van der Waals surface area (Å²) in [6.45, 7) is 1.93. The van der Waals surface area contributed by atoms with Gasteiger partial charge in [0.05, 0.1) is 15.1 Å². The summed E-state index contributed by atoms with van der Waals surface area (Å²) >= 11 is 19.7.